The molecule has 1 heterocycles. The van der Waals surface area contributed by atoms with E-state index < -0.39 is 24.3 Å². The molecule has 0 unspecified atom stereocenters. The molecule has 6 nitrogen and oxygen atoms in total. The summed E-state index contributed by atoms with van der Waals surface area (Å²) in [5.74, 6) is -1.99. The first kappa shape index (κ1) is 22.2. The van der Waals surface area contributed by atoms with Gasteiger partial charge in [0.15, 0.2) is 17.6 Å². The van der Waals surface area contributed by atoms with Gasteiger partial charge in [0.2, 0.25) is 0 Å². The summed E-state index contributed by atoms with van der Waals surface area (Å²) in [5.41, 5.74) is 0.763. The van der Waals surface area contributed by atoms with Crippen molar-refractivity contribution in [2.24, 2.45) is 0 Å². The quantitative estimate of drug-likeness (QED) is 0.401. The zero-order chi connectivity index (χ0) is 23.5. The average Bonchev–Trinajstić information content (AvgIpc) is 2.82. The lowest BCUT2D eigenvalue weighted by molar-refractivity contribution is -0.119. The van der Waals surface area contributed by atoms with Gasteiger partial charge in [-0.05, 0) is 37.3 Å². The Bertz CT molecular complexity index is 1430. The summed E-state index contributed by atoms with van der Waals surface area (Å²) in [7, 11) is 0. The zero-order valence-corrected chi connectivity index (χ0v) is 18.1. The number of carbonyl (C=O) groups excluding carboxylic acids is 2. The molecule has 0 aliphatic heterocycles. The predicted molar refractivity (Wildman–Crippen MR) is 123 cm³/mol. The van der Waals surface area contributed by atoms with Crippen LogP contribution in [0.4, 0.5) is 10.1 Å². The fourth-order valence-corrected chi connectivity index (χ4v) is 3.48. The van der Waals surface area contributed by atoms with Crippen molar-refractivity contribution < 1.29 is 23.1 Å². The van der Waals surface area contributed by atoms with Crippen LogP contribution in [0, 0.1) is 12.7 Å². The van der Waals surface area contributed by atoms with Crippen molar-refractivity contribution in [1.29, 1.82) is 0 Å². The Kier molecular flexibility index (Phi) is 6.24. The van der Waals surface area contributed by atoms with E-state index in [1.807, 2.05) is 6.07 Å². The topological polar surface area (TPSA) is 85.6 Å². The van der Waals surface area contributed by atoms with Gasteiger partial charge in [0.1, 0.15) is 17.1 Å². The Morgan fingerprint density at radius 3 is 2.55 bits per heavy atom. The number of fused-ring (bicyclic) bond motifs is 1. The number of para-hydroxylation sites is 1. The van der Waals surface area contributed by atoms with Gasteiger partial charge in [0.25, 0.3) is 5.91 Å². The predicted octanol–water partition coefficient (Wildman–Crippen LogP) is 5.36. The largest absolute Gasteiger partial charge is 0.455 e. The van der Waals surface area contributed by atoms with Crippen LogP contribution in [0.2, 0.25) is 5.02 Å². The summed E-state index contributed by atoms with van der Waals surface area (Å²) in [6.07, 6.45) is 0. The molecule has 4 aromatic rings. The molecule has 0 saturated carbocycles. The molecule has 0 saturated heterocycles. The van der Waals surface area contributed by atoms with E-state index in [0.29, 0.717) is 16.9 Å². The maximum Gasteiger partial charge on any atom is 0.342 e. The minimum Gasteiger partial charge on any atom is -0.455 e. The molecule has 33 heavy (non-hydrogen) atoms. The lowest BCUT2D eigenvalue weighted by atomic mass is 10.0. The van der Waals surface area contributed by atoms with Crippen LogP contribution in [0.5, 0.6) is 0 Å². The molecule has 8 heteroatoms. The molecule has 1 aromatic heterocycles. The third-order valence-electron chi connectivity index (χ3n) is 4.94. The van der Waals surface area contributed by atoms with Gasteiger partial charge in [0, 0.05) is 16.1 Å². The number of anilines is 1. The second-order valence-electron chi connectivity index (χ2n) is 7.18. The number of rotatable bonds is 5. The number of nitrogens with one attached hydrogen (secondary N) is 1. The molecule has 0 bridgehead atoms. The van der Waals surface area contributed by atoms with Gasteiger partial charge in [-0.15, -0.1) is 0 Å². The first-order chi connectivity index (χ1) is 15.8. The third kappa shape index (κ3) is 4.63. The summed E-state index contributed by atoms with van der Waals surface area (Å²) < 4.78 is 24.9. The van der Waals surface area contributed by atoms with E-state index in [2.05, 4.69) is 5.32 Å². The second-order valence-corrected chi connectivity index (χ2v) is 7.62. The summed E-state index contributed by atoms with van der Waals surface area (Å²) in [6.45, 7) is 0.984. The minimum absolute atomic E-state index is 0.00717. The lowest BCUT2D eigenvalue weighted by Gasteiger charge is -2.11. The van der Waals surface area contributed by atoms with Crippen molar-refractivity contribution in [2.45, 2.75) is 6.92 Å². The van der Waals surface area contributed by atoms with E-state index >= 15 is 0 Å². The summed E-state index contributed by atoms with van der Waals surface area (Å²) >= 11 is 5.69. The average molecular weight is 466 g/mol. The van der Waals surface area contributed by atoms with Gasteiger partial charge >= 0.3 is 5.97 Å². The number of amides is 1. The summed E-state index contributed by atoms with van der Waals surface area (Å²) in [6, 6.07) is 17.3. The standard InChI is InChI=1S/C25H17ClFNO5/c1-14-22(30)17-8-5-9-18(24(17)33-23(14)15-6-3-2-4-7-15)25(31)32-13-21(29)28-20-11-10-16(26)12-19(20)27/h2-12H,13H2,1H3,(H,28,29). The highest BCUT2D eigenvalue weighted by Crippen LogP contribution is 2.27. The summed E-state index contributed by atoms with van der Waals surface area (Å²) in [5, 5.41) is 2.70. The van der Waals surface area contributed by atoms with E-state index in [1.165, 1.54) is 24.3 Å². The number of esters is 1. The first-order valence-electron chi connectivity index (χ1n) is 9.89. The smallest absolute Gasteiger partial charge is 0.342 e. The highest BCUT2D eigenvalue weighted by molar-refractivity contribution is 6.30. The molecule has 0 spiro atoms. The normalized spacial score (nSPS) is 10.8. The number of hydrogen-bond donors (Lipinski definition) is 1. The van der Waals surface area contributed by atoms with Crippen LogP contribution in [0.25, 0.3) is 22.3 Å². The molecule has 0 atom stereocenters. The number of halogens is 2. The number of hydrogen-bond acceptors (Lipinski definition) is 5. The number of carbonyl (C=O) groups is 2. The van der Waals surface area contributed by atoms with Crippen molar-refractivity contribution in [3.05, 3.63) is 98.9 Å². The Hall–Kier alpha value is -3.97. The van der Waals surface area contributed by atoms with Gasteiger partial charge in [0.05, 0.1) is 11.1 Å². The fraction of sp³-hybridized carbons (Fsp3) is 0.0800. The van der Waals surface area contributed by atoms with Crippen LogP contribution < -0.4 is 10.7 Å². The molecule has 0 radical (unpaired) electrons. The highest BCUT2D eigenvalue weighted by Gasteiger charge is 2.20. The van der Waals surface area contributed by atoms with E-state index in [0.717, 1.165) is 6.07 Å². The Morgan fingerprint density at radius 2 is 1.82 bits per heavy atom. The molecule has 3 aromatic carbocycles. The molecule has 0 aliphatic carbocycles. The first-order valence-corrected chi connectivity index (χ1v) is 10.3. The molecular formula is C25H17ClFNO5. The SMILES string of the molecule is Cc1c(-c2ccccc2)oc2c(C(=O)OCC(=O)Nc3ccc(Cl)cc3F)cccc2c1=O. The van der Waals surface area contributed by atoms with E-state index in [-0.39, 0.29) is 32.7 Å². The van der Waals surface area contributed by atoms with Crippen LogP contribution in [0.1, 0.15) is 15.9 Å². The lowest BCUT2D eigenvalue weighted by Crippen LogP contribution is -2.21. The zero-order valence-electron chi connectivity index (χ0n) is 17.4. The molecule has 1 N–H and O–H groups in total. The van der Waals surface area contributed by atoms with Gasteiger partial charge < -0.3 is 14.5 Å². The van der Waals surface area contributed by atoms with Crippen molar-refractivity contribution in [3.63, 3.8) is 0 Å². The summed E-state index contributed by atoms with van der Waals surface area (Å²) in [4.78, 5) is 37.7. The molecule has 1 amide bonds. The van der Waals surface area contributed by atoms with Crippen LogP contribution in [-0.4, -0.2) is 18.5 Å². The second kappa shape index (κ2) is 9.26. The maximum absolute atomic E-state index is 13.8. The van der Waals surface area contributed by atoms with E-state index in [9.17, 15) is 18.8 Å². The minimum atomic E-state index is -0.863. The van der Waals surface area contributed by atoms with Gasteiger partial charge in [-0.1, -0.05) is 48.0 Å². The molecule has 0 fully saturated rings. The number of ether oxygens (including phenoxy) is 1. The molecule has 0 aliphatic rings. The van der Waals surface area contributed by atoms with Crippen LogP contribution >= 0.6 is 11.6 Å². The Morgan fingerprint density at radius 1 is 1.06 bits per heavy atom. The number of benzene rings is 3. The highest BCUT2D eigenvalue weighted by atomic mass is 35.5. The van der Waals surface area contributed by atoms with Crippen molar-refractivity contribution in [1.82, 2.24) is 0 Å². The molecule has 166 valence electrons. The van der Waals surface area contributed by atoms with Crippen LogP contribution in [-0.2, 0) is 9.53 Å². The van der Waals surface area contributed by atoms with Gasteiger partial charge in [-0.3, -0.25) is 9.59 Å². The maximum atomic E-state index is 13.8. The monoisotopic (exact) mass is 465 g/mol. The van der Waals surface area contributed by atoms with Crippen LogP contribution in [0.3, 0.4) is 0 Å². The van der Waals surface area contributed by atoms with Gasteiger partial charge in [-0.2, -0.15) is 0 Å². The third-order valence-corrected chi connectivity index (χ3v) is 5.18. The van der Waals surface area contributed by atoms with E-state index in [1.54, 1.807) is 37.3 Å². The van der Waals surface area contributed by atoms with Crippen LogP contribution in [0.15, 0.2) is 75.9 Å². The van der Waals surface area contributed by atoms with Gasteiger partial charge in [-0.25, -0.2) is 9.18 Å². The Labute approximate surface area is 192 Å². The van der Waals surface area contributed by atoms with Crippen molar-refractivity contribution >= 4 is 40.1 Å². The van der Waals surface area contributed by atoms with E-state index in [4.69, 9.17) is 20.8 Å². The molecular weight excluding hydrogens is 449 g/mol. The van der Waals surface area contributed by atoms with Crippen molar-refractivity contribution in [2.75, 3.05) is 11.9 Å². The molecule has 4 rings (SSSR count). The Balaban J connectivity index is 1.60. The van der Waals surface area contributed by atoms with Crippen molar-refractivity contribution in [3.8, 4) is 11.3 Å². The fourth-order valence-electron chi connectivity index (χ4n) is 3.32.